The molecule has 1 saturated carbocycles. The summed E-state index contributed by atoms with van der Waals surface area (Å²) in [4.78, 5) is 0. The number of rotatable bonds is 3. The van der Waals surface area contributed by atoms with Gasteiger partial charge in [0, 0.05) is 5.56 Å². The molecule has 0 spiro atoms. The summed E-state index contributed by atoms with van der Waals surface area (Å²) >= 11 is 0. The van der Waals surface area contributed by atoms with Crippen LogP contribution in [0.15, 0.2) is 24.3 Å². The maximum atomic E-state index is 10.8. The van der Waals surface area contributed by atoms with Crippen LogP contribution in [0.2, 0.25) is 0 Å². The molecule has 2 nitrogen and oxygen atoms in total. The second-order valence-electron chi connectivity index (χ2n) is 5.14. The zero-order valence-corrected chi connectivity index (χ0v) is 10.8. The molecule has 0 saturated heterocycles. The van der Waals surface area contributed by atoms with Gasteiger partial charge in [0.25, 0.3) is 0 Å². The number of ether oxygens (including phenoxy) is 1. The van der Waals surface area contributed by atoms with Crippen LogP contribution in [0.3, 0.4) is 0 Å². The standard InChI is InChI=1S/C15H22O2/c1-3-17-14-7-5-4-6-13(14)15(16)10-8-12(2)9-11-15/h4-7,12,16H,3,8-11H2,1-2H3. The van der Waals surface area contributed by atoms with Crippen LogP contribution in [0.4, 0.5) is 0 Å². The van der Waals surface area contributed by atoms with Crippen LogP contribution in [-0.2, 0) is 5.60 Å². The summed E-state index contributed by atoms with van der Waals surface area (Å²) in [6, 6.07) is 7.90. The topological polar surface area (TPSA) is 29.5 Å². The molecule has 2 heteroatoms. The van der Waals surface area contributed by atoms with Crippen molar-refractivity contribution in [1.82, 2.24) is 0 Å². The van der Waals surface area contributed by atoms with Gasteiger partial charge in [-0.25, -0.2) is 0 Å². The molecule has 0 heterocycles. The van der Waals surface area contributed by atoms with Crippen LogP contribution >= 0.6 is 0 Å². The molecule has 0 bridgehead atoms. The molecule has 2 rings (SSSR count). The lowest BCUT2D eigenvalue weighted by atomic mass is 9.75. The Hall–Kier alpha value is -1.02. The molecular weight excluding hydrogens is 212 g/mol. The van der Waals surface area contributed by atoms with Crippen LogP contribution in [0.5, 0.6) is 5.75 Å². The van der Waals surface area contributed by atoms with Crippen LogP contribution < -0.4 is 4.74 Å². The average molecular weight is 234 g/mol. The van der Waals surface area contributed by atoms with Gasteiger partial charge in [0.2, 0.25) is 0 Å². The van der Waals surface area contributed by atoms with E-state index >= 15 is 0 Å². The van der Waals surface area contributed by atoms with E-state index in [1.54, 1.807) is 0 Å². The molecule has 1 fully saturated rings. The van der Waals surface area contributed by atoms with Crippen molar-refractivity contribution in [2.24, 2.45) is 5.92 Å². The molecule has 1 aromatic carbocycles. The van der Waals surface area contributed by atoms with Gasteiger partial charge < -0.3 is 9.84 Å². The van der Waals surface area contributed by atoms with E-state index < -0.39 is 5.60 Å². The highest BCUT2D eigenvalue weighted by atomic mass is 16.5. The zero-order valence-electron chi connectivity index (χ0n) is 10.8. The summed E-state index contributed by atoms with van der Waals surface area (Å²) in [6.07, 6.45) is 3.88. The third-order valence-electron chi connectivity index (χ3n) is 3.79. The normalized spacial score (nSPS) is 29.0. The van der Waals surface area contributed by atoms with Crippen molar-refractivity contribution in [1.29, 1.82) is 0 Å². The Morgan fingerprint density at radius 2 is 1.94 bits per heavy atom. The third-order valence-corrected chi connectivity index (χ3v) is 3.79. The van der Waals surface area contributed by atoms with Crippen LogP contribution in [-0.4, -0.2) is 11.7 Å². The van der Waals surface area contributed by atoms with Crippen molar-refractivity contribution in [3.8, 4) is 5.75 Å². The maximum Gasteiger partial charge on any atom is 0.125 e. The first-order valence-corrected chi connectivity index (χ1v) is 6.60. The minimum absolute atomic E-state index is 0.642. The minimum atomic E-state index is -0.682. The molecule has 0 amide bonds. The van der Waals surface area contributed by atoms with Crippen molar-refractivity contribution in [3.63, 3.8) is 0 Å². The molecule has 17 heavy (non-hydrogen) atoms. The van der Waals surface area contributed by atoms with E-state index in [1.807, 2.05) is 31.2 Å². The fourth-order valence-corrected chi connectivity index (χ4v) is 2.64. The van der Waals surface area contributed by atoms with Crippen LogP contribution in [0.25, 0.3) is 0 Å². The van der Waals surface area contributed by atoms with E-state index in [0.717, 1.165) is 42.9 Å². The van der Waals surface area contributed by atoms with Crippen LogP contribution in [0.1, 0.15) is 45.1 Å². The van der Waals surface area contributed by atoms with Gasteiger partial charge in [-0.15, -0.1) is 0 Å². The average Bonchev–Trinajstić information content (AvgIpc) is 2.34. The monoisotopic (exact) mass is 234 g/mol. The summed E-state index contributed by atoms with van der Waals surface area (Å²) in [5.41, 5.74) is 0.284. The van der Waals surface area contributed by atoms with E-state index in [0.29, 0.717) is 6.61 Å². The highest BCUT2D eigenvalue weighted by molar-refractivity contribution is 5.38. The summed E-state index contributed by atoms with van der Waals surface area (Å²) in [5.74, 6) is 1.57. The highest BCUT2D eigenvalue weighted by Gasteiger charge is 2.35. The Labute approximate surface area is 104 Å². The van der Waals surface area contributed by atoms with Crippen molar-refractivity contribution in [2.45, 2.75) is 45.1 Å². The largest absolute Gasteiger partial charge is 0.493 e. The SMILES string of the molecule is CCOc1ccccc1C1(O)CCC(C)CC1. The van der Waals surface area contributed by atoms with E-state index in [4.69, 9.17) is 4.74 Å². The first-order chi connectivity index (χ1) is 8.15. The molecule has 94 valence electrons. The van der Waals surface area contributed by atoms with E-state index in [-0.39, 0.29) is 0 Å². The Morgan fingerprint density at radius 3 is 2.59 bits per heavy atom. The molecule has 1 N–H and O–H groups in total. The molecule has 0 aliphatic heterocycles. The lowest BCUT2D eigenvalue weighted by molar-refractivity contribution is -0.0141. The maximum absolute atomic E-state index is 10.8. The van der Waals surface area contributed by atoms with Crippen molar-refractivity contribution in [3.05, 3.63) is 29.8 Å². The summed E-state index contributed by atoms with van der Waals surface area (Å²) in [5, 5.41) is 10.8. The quantitative estimate of drug-likeness (QED) is 0.867. The number of hydrogen-bond donors (Lipinski definition) is 1. The van der Waals surface area contributed by atoms with Crippen molar-refractivity contribution < 1.29 is 9.84 Å². The number of benzene rings is 1. The van der Waals surface area contributed by atoms with Gasteiger partial charge in [-0.3, -0.25) is 0 Å². The Balaban J connectivity index is 2.26. The lowest BCUT2D eigenvalue weighted by Crippen LogP contribution is -2.31. The zero-order chi connectivity index (χ0) is 12.3. The molecule has 0 unspecified atom stereocenters. The lowest BCUT2D eigenvalue weighted by Gasteiger charge is -2.36. The Morgan fingerprint density at radius 1 is 1.29 bits per heavy atom. The summed E-state index contributed by atoms with van der Waals surface area (Å²) in [6.45, 7) is 4.88. The molecule has 1 aromatic rings. The Bertz CT molecular complexity index is 365. The molecule has 1 aliphatic carbocycles. The van der Waals surface area contributed by atoms with Gasteiger partial charge in [0.1, 0.15) is 5.75 Å². The summed E-state index contributed by atoms with van der Waals surface area (Å²) in [7, 11) is 0. The van der Waals surface area contributed by atoms with Gasteiger partial charge in [-0.2, -0.15) is 0 Å². The minimum Gasteiger partial charge on any atom is -0.493 e. The number of para-hydroxylation sites is 1. The smallest absolute Gasteiger partial charge is 0.125 e. The number of hydrogen-bond acceptors (Lipinski definition) is 2. The molecule has 0 atom stereocenters. The Kier molecular flexibility index (Phi) is 3.72. The predicted molar refractivity (Wildman–Crippen MR) is 69.1 cm³/mol. The second kappa shape index (κ2) is 5.09. The molecule has 1 aliphatic rings. The van der Waals surface area contributed by atoms with Gasteiger partial charge >= 0.3 is 0 Å². The van der Waals surface area contributed by atoms with E-state index in [9.17, 15) is 5.11 Å². The van der Waals surface area contributed by atoms with E-state index in [2.05, 4.69) is 6.92 Å². The predicted octanol–water partition coefficient (Wildman–Crippen LogP) is 3.48. The summed E-state index contributed by atoms with van der Waals surface area (Å²) < 4.78 is 5.62. The van der Waals surface area contributed by atoms with Crippen molar-refractivity contribution >= 4 is 0 Å². The molecule has 0 aromatic heterocycles. The van der Waals surface area contributed by atoms with Crippen molar-refractivity contribution in [2.75, 3.05) is 6.61 Å². The third kappa shape index (κ3) is 2.63. The first-order valence-electron chi connectivity index (χ1n) is 6.60. The first kappa shape index (κ1) is 12.4. The number of aliphatic hydroxyl groups is 1. The second-order valence-corrected chi connectivity index (χ2v) is 5.14. The molecular formula is C15H22O2. The van der Waals surface area contributed by atoms with Gasteiger partial charge in [0.05, 0.1) is 12.2 Å². The van der Waals surface area contributed by atoms with Gasteiger partial charge in [-0.05, 0) is 44.6 Å². The van der Waals surface area contributed by atoms with E-state index in [1.165, 1.54) is 0 Å². The molecule has 0 radical (unpaired) electrons. The van der Waals surface area contributed by atoms with Gasteiger partial charge in [0.15, 0.2) is 0 Å². The van der Waals surface area contributed by atoms with Gasteiger partial charge in [-0.1, -0.05) is 25.1 Å². The fourth-order valence-electron chi connectivity index (χ4n) is 2.64. The fraction of sp³-hybridized carbons (Fsp3) is 0.600. The highest BCUT2D eigenvalue weighted by Crippen LogP contribution is 2.42. The van der Waals surface area contributed by atoms with Crippen LogP contribution in [0, 0.1) is 5.92 Å².